The molecule has 6 heteroatoms. The minimum absolute atomic E-state index is 0.612. The van der Waals surface area contributed by atoms with Crippen LogP contribution in [0.5, 0.6) is 11.5 Å². The van der Waals surface area contributed by atoms with Crippen molar-refractivity contribution in [3.63, 3.8) is 0 Å². The Hall–Kier alpha value is -3.28. The minimum atomic E-state index is 0.612. The third-order valence-electron chi connectivity index (χ3n) is 3.91. The predicted molar refractivity (Wildman–Crippen MR) is 103 cm³/mol. The first-order valence-corrected chi connectivity index (χ1v) is 8.28. The maximum Gasteiger partial charge on any atom is 0.161 e. The predicted octanol–water partition coefficient (Wildman–Crippen LogP) is 4.16. The maximum absolute atomic E-state index is 5.33. The van der Waals surface area contributed by atoms with E-state index in [2.05, 4.69) is 39.7 Å². The summed E-state index contributed by atoms with van der Waals surface area (Å²) in [5.74, 6) is 2.89. The summed E-state index contributed by atoms with van der Waals surface area (Å²) in [6.07, 6.45) is 1.54. The van der Waals surface area contributed by atoms with Crippen LogP contribution in [-0.2, 0) is 6.54 Å². The van der Waals surface area contributed by atoms with Crippen LogP contribution in [0, 0.1) is 6.92 Å². The van der Waals surface area contributed by atoms with E-state index < -0.39 is 0 Å². The number of benzene rings is 2. The van der Waals surface area contributed by atoms with Crippen molar-refractivity contribution < 1.29 is 9.47 Å². The number of aryl methyl sites for hydroxylation is 1. The molecule has 0 radical (unpaired) electrons. The van der Waals surface area contributed by atoms with Gasteiger partial charge in [0.2, 0.25) is 0 Å². The monoisotopic (exact) mass is 350 g/mol. The van der Waals surface area contributed by atoms with Gasteiger partial charge in [0, 0.05) is 18.3 Å². The number of hydrogen-bond acceptors (Lipinski definition) is 6. The second-order valence-electron chi connectivity index (χ2n) is 5.82. The third kappa shape index (κ3) is 4.42. The van der Waals surface area contributed by atoms with Gasteiger partial charge in [0.1, 0.15) is 18.0 Å². The van der Waals surface area contributed by atoms with Gasteiger partial charge in [-0.3, -0.25) is 0 Å². The Balaban J connectivity index is 1.66. The molecular formula is C20H22N4O2. The van der Waals surface area contributed by atoms with Crippen LogP contribution in [-0.4, -0.2) is 24.2 Å². The van der Waals surface area contributed by atoms with Crippen molar-refractivity contribution in [2.75, 3.05) is 24.9 Å². The fraction of sp³-hybridized carbons (Fsp3) is 0.200. The number of anilines is 3. The molecule has 0 aliphatic heterocycles. The normalized spacial score (nSPS) is 10.3. The second-order valence-corrected chi connectivity index (χ2v) is 5.82. The molecule has 0 saturated heterocycles. The third-order valence-corrected chi connectivity index (χ3v) is 3.91. The van der Waals surface area contributed by atoms with Gasteiger partial charge in [0.15, 0.2) is 11.5 Å². The molecule has 134 valence electrons. The molecule has 0 aliphatic carbocycles. The van der Waals surface area contributed by atoms with Gasteiger partial charge < -0.3 is 20.1 Å². The highest BCUT2D eigenvalue weighted by atomic mass is 16.5. The fourth-order valence-electron chi connectivity index (χ4n) is 2.49. The summed E-state index contributed by atoms with van der Waals surface area (Å²) < 4.78 is 10.6. The van der Waals surface area contributed by atoms with E-state index in [0.717, 1.165) is 22.9 Å². The van der Waals surface area contributed by atoms with E-state index in [4.69, 9.17) is 9.47 Å². The molecule has 1 heterocycles. The average Bonchev–Trinajstić information content (AvgIpc) is 2.68. The molecule has 3 aromatic rings. The van der Waals surface area contributed by atoms with E-state index in [1.807, 2.05) is 36.4 Å². The Kier molecular flexibility index (Phi) is 5.53. The van der Waals surface area contributed by atoms with Gasteiger partial charge in [-0.1, -0.05) is 23.8 Å². The van der Waals surface area contributed by atoms with Crippen molar-refractivity contribution in [1.29, 1.82) is 0 Å². The van der Waals surface area contributed by atoms with Crippen molar-refractivity contribution in [3.05, 3.63) is 66.0 Å². The van der Waals surface area contributed by atoms with Crippen LogP contribution in [0.1, 0.15) is 11.1 Å². The lowest BCUT2D eigenvalue weighted by Crippen LogP contribution is -2.03. The Morgan fingerprint density at radius 3 is 2.31 bits per heavy atom. The van der Waals surface area contributed by atoms with Gasteiger partial charge in [0.05, 0.1) is 14.2 Å². The van der Waals surface area contributed by atoms with Crippen LogP contribution in [0.4, 0.5) is 17.3 Å². The molecular weight excluding hydrogens is 328 g/mol. The lowest BCUT2D eigenvalue weighted by molar-refractivity contribution is 0.354. The minimum Gasteiger partial charge on any atom is -0.493 e. The number of aromatic nitrogens is 2. The average molecular weight is 350 g/mol. The standard InChI is InChI=1S/C20H22N4O2/c1-14-4-7-16(8-5-14)24-20-11-19(22-13-23-20)21-12-15-6-9-17(25-2)18(10-15)26-3/h4-11,13H,12H2,1-3H3,(H2,21,22,23,24). The number of ether oxygens (including phenoxy) is 2. The number of nitrogens with one attached hydrogen (secondary N) is 2. The first-order chi connectivity index (χ1) is 12.7. The van der Waals surface area contributed by atoms with E-state index in [9.17, 15) is 0 Å². The summed E-state index contributed by atoms with van der Waals surface area (Å²) in [6, 6.07) is 15.8. The van der Waals surface area contributed by atoms with Crippen LogP contribution in [0.2, 0.25) is 0 Å². The van der Waals surface area contributed by atoms with Crippen LogP contribution < -0.4 is 20.1 Å². The van der Waals surface area contributed by atoms with E-state index in [-0.39, 0.29) is 0 Å². The summed E-state index contributed by atoms with van der Waals surface area (Å²) >= 11 is 0. The van der Waals surface area contributed by atoms with Crippen molar-refractivity contribution in [1.82, 2.24) is 9.97 Å². The molecule has 0 fully saturated rings. The van der Waals surface area contributed by atoms with Gasteiger partial charge >= 0.3 is 0 Å². The number of rotatable bonds is 7. The van der Waals surface area contributed by atoms with Gasteiger partial charge in [-0.2, -0.15) is 0 Å². The zero-order valence-corrected chi connectivity index (χ0v) is 15.1. The maximum atomic E-state index is 5.33. The molecule has 2 aromatic carbocycles. The highest BCUT2D eigenvalue weighted by Gasteiger charge is 2.05. The largest absolute Gasteiger partial charge is 0.493 e. The summed E-state index contributed by atoms with van der Waals surface area (Å²) in [6.45, 7) is 2.67. The SMILES string of the molecule is COc1ccc(CNc2cc(Nc3ccc(C)cc3)ncn2)cc1OC. The highest BCUT2D eigenvalue weighted by Crippen LogP contribution is 2.27. The molecule has 2 N–H and O–H groups in total. The number of methoxy groups -OCH3 is 2. The van der Waals surface area contributed by atoms with Crippen molar-refractivity contribution in [2.24, 2.45) is 0 Å². The quantitative estimate of drug-likeness (QED) is 0.667. The Morgan fingerprint density at radius 2 is 1.58 bits per heavy atom. The van der Waals surface area contributed by atoms with Crippen LogP contribution >= 0.6 is 0 Å². The lowest BCUT2D eigenvalue weighted by Gasteiger charge is -2.11. The molecule has 0 aliphatic rings. The zero-order chi connectivity index (χ0) is 18.4. The molecule has 0 unspecified atom stereocenters. The number of nitrogens with zero attached hydrogens (tertiary/aromatic N) is 2. The van der Waals surface area contributed by atoms with E-state index in [1.54, 1.807) is 14.2 Å². The molecule has 6 nitrogen and oxygen atoms in total. The summed E-state index contributed by atoms with van der Waals surface area (Å²) in [5, 5.41) is 6.57. The van der Waals surface area contributed by atoms with Gasteiger partial charge in [0.25, 0.3) is 0 Å². The van der Waals surface area contributed by atoms with Crippen LogP contribution in [0.25, 0.3) is 0 Å². The van der Waals surface area contributed by atoms with Crippen LogP contribution in [0.3, 0.4) is 0 Å². The number of hydrogen-bond donors (Lipinski definition) is 2. The Bertz CT molecular complexity index is 866. The molecule has 26 heavy (non-hydrogen) atoms. The first kappa shape index (κ1) is 17.5. The summed E-state index contributed by atoms with van der Waals surface area (Å²) in [7, 11) is 3.25. The van der Waals surface area contributed by atoms with Gasteiger partial charge in [-0.05, 0) is 36.8 Å². The molecule has 1 aromatic heterocycles. The highest BCUT2D eigenvalue weighted by molar-refractivity contribution is 5.59. The lowest BCUT2D eigenvalue weighted by atomic mass is 10.2. The first-order valence-electron chi connectivity index (χ1n) is 8.28. The van der Waals surface area contributed by atoms with Gasteiger partial charge in [-0.15, -0.1) is 0 Å². The van der Waals surface area contributed by atoms with Crippen molar-refractivity contribution in [3.8, 4) is 11.5 Å². The van der Waals surface area contributed by atoms with E-state index in [1.165, 1.54) is 11.9 Å². The van der Waals surface area contributed by atoms with Crippen molar-refractivity contribution in [2.45, 2.75) is 13.5 Å². The molecule has 0 bridgehead atoms. The Labute approximate surface area is 153 Å². The molecule has 0 saturated carbocycles. The Morgan fingerprint density at radius 1 is 0.846 bits per heavy atom. The zero-order valence-electron chi connectivity index (χ0n) is 15.1. The van der Waals surface area contributed by atoms with Crippen molar-refractivity contribution >= 4 is 17.3 Å². The fourth-order valence-corrected chi connectivity index (χ4v) is 2.49. The molecule has 3 rings (SSSR count). The van der Waals surface area contributed by atoms with E-state index >= 15 is 0 Å². The molecule has 0 spiro atoms. The topological polar surface area (TPSA) is 68.3 Å². The van der Waals surface area contributed by atoms with E-state index in [0.29, 0.717) is 18.0 Å². The molecule has 0 atom stereocenters. The van der Waals surface area contributed by atoms with Gasteiger partial charge in [-0.25, -0.2) is 9.97 Å². The summed E-state index contributed by atoms with van der Waals surface area (Å²) in [5.41, 5.74) is 3.27. The smallest absolute Gasteiger partial charge is 0.161 e. The van der Waals surface area contributed by atoms with Crippen LogP contribution in [0.15, 0.2) is 54.9 Å². The molecule has 0 amide bonds. The summed E-state index contributed by atoms with van der Waals surface area (Å²) in [4.78, 5) is 8.53. The second kappa shape index (κ2) is 8.20.